The zero-order valence-corrected chi connectivity index (χ0v) is 12.6. The standard InChI is InChI=1S/C17H25NO2/c1-19-16-8-13-10-18-11-15(12-6-4-3-5-7-12)14(13)9-17(16)20-2/h8-9,12,15,18H,3-7,10-11H2,1-2H3. The third-order valence-electron chi connectivity index (χ3n) is 4.94. The average Bonchev–Trinajstić information content (AvgIpc) is 2.53. The summed E-state index contributed by atoms with van der Waals surface area (Å²) in [6.07, 6.45) is 6.95. The first-order chi connectivity index (χ1) is 9.83. The van der Waals surface area contributed by atoms with Crippen LogP contribution in [-0.2, 0) is 6.54 Å². The Morgan fingerprint density at radius 3 is 2.40 bits per heavy atom. The Kier molecular flexibility index (Phi) is 4.16. The van der Waals surface area contributed by atoms with Crippen molar-refractivity contribution in [1.82, 2.24) is 5.32 Å². The Morgan fingerprint density at radius 1 is 1.00 bits per heavy atom. The molecule has 1 fully saturated rings. The average molecular weight is 275 g/mol. The van der Waals surface area contributed by atoms with Crippen LogP contribution < -0.4 is 14.8 Å². The third-order valence-corrected chi connectivity index (χ3v) is 4.94. The quantitative estimate of drug-likeness (QED) is 0.916. The molecule has 0 saturated heterocycles. The van der Waals surface area contributed by atoms with E-state index in [0.29, 0.717) is 5.92 Å². The van der Waals surface area contributed by atoms with Crippen LogP contribution in [0.3, 0.4) is 0 Å². The Hall–Kier alpha value is -1.22. The van der Waals surface area contributed by atoms with Crippen LogP contribution in [-0.4, -0.2) is 20.8 Å². The number of hydrogen-bond donors (Lipinski definition) is 1. The van der Waals surface area contributed by atoms with Gasteiger partial charge in [0.05, 0.1) is 14.2 Å². The molecule has 1 heterocycles. The molecular weight excluding hydrogens is 250 g/mol. The molecular formula is C17H25NO2. The highest BCUT2D eigenvalue weighted by Crippen LogP contribution is 2.42. The van der Waals surface area contributed by atoms with E-state index in [1.165, 1.54) is 43.2 Å². The molecule has 2 aliphatic rings. The molecule has 0 spiro atoms. The summed E-state index contributed by atoms with van der Waals surface area (Å²) in [5.74, 6) is 3.18. The molecule has 1 aliphatic carbocycles. The molecule has 0 radical (unpaired) electrons. The van der Waals surface area contributed by atoms with Crippen molar-refractivity contribution in [3.05, 3.63) is 23.3 Å². The Morgan fingerprint density at radius 2 is 1.70 bits per heavy atom. The number of methoxy groups -OCH3 is 2. The maximum Gasteiger partial charge on any atom is 0.161 e. The molecule has 1 aliphatic heterocycles. The van der Waals surface area contributed by atoms with E-state index in [2.05, 4.69) is 17.4 Å². The summed E-state index contributed by atoms with van der Waals surface area (Å²) in [5.41, 5.74) is 2.86. The minimum Gasteiger partial charge on any atom is -0.493 e. The molecule has 0 aromatic heterocycles. The lowest BCUT2D eigenvalue weighted by atomic mass is 9.74. The molecule has 1 N–H and O–H groups in total. The monoisotopic (exact) mass is 275 g/mol. The highest BCUT2D eigenvalue weighted by molar-refractivity contribution is 5.49. The molecule has 3 heteroatoms. The summed E-state index contributed by atoms with van der Waals surface area (Å²) in [6, 6.07) is 4.37. The Labute approximate surface area is 121 Å². The number of benzene rings is 1. The molecule has 1 atom stereocenters. The third kappa shape index (κ3) is 2.51. The largest absolute Gasteiger partial charge is 0.493 e. The summed E-state index contributed by atoms with van der Waals surface area (Å²) < 4.78 is 10.9. The van der Waals surface area contributed by atoms with Crippen LogP contribution in [0.1, 0.15) is 49.1 Å². The van der Waals surface area contributed by atoms with E-state index in [1.54, 1.807) is 14.2 Å². The molecule has 1 aromatic carbocycles. The molecule has 1 aromatic rings. The first-order valence-electron chi connectivity index (χ1n) is 7.79. The highest BCUT2D eigenvalue weighted by atomic mass is 16.5. The van der Waals surface area contributed by atoms with Gasteiger partial charge in [-0.1, -0.05) is 19.3 Å². The van der Waals surface area contributed by atoms with Crippen molar-refractivity contribution in [1.29, 1.82) is 0 Å². The second-order valence-electron chi connectivity index (χ2n) is 6.04. The number of hydrogen-bond acceptors (Lipinski definition) is 3. The lowest BCUT2D eigenvalue weighted by Gasteiger charge is -2.35. The van der Waals surface area contributed by atoms with Gasteiger partial charge in [-0.2, -0.15) is 0 Å². The summed E-state index contributed by atoms with van der Waals surface area (Å²) in [5, 5.41) is 3.58. The van der Waals surface area contributed by atoms with E-state index >= 15 is 0 Å². The summed E-state index contributed by atoms with van der Waals surface area (Å²) in [6.45, 7) is 2.05. The van der Waals surface area contributed by atoms with Gasteiger partial charge in [0.25, 0.3) is 0 Å². The van der Waals surface area contributed by atoms with Gasteiger partial charge in [0.1, 0.15) is 0 Å². The van der Waals surface area contributed by atoms with Gasteiger partial charge in [-0.05, 0) is 47.9 Å². The van der Waals surface area contributed by atoms with Gasteiger partial charge >= 0.3 is 0 Å². The van der Waals surface area contributed by atoms with Crippen LogP contribution in [0.5, 0.6) is 11.5 Å². The lowest BCUT2D eigenvalue weighted by molar-refractivity contribution is 0.286. The van der Waals surface area contributed by atoms with Crippen molar-refractivity contribution in [2.45, 2.75) is 44.6 Å². The molecule has 1 unspecified atom stereocenters. The first-order valence-corrected chi connectivity index (χ1v) is 7.79. The van der Waals surface area contributed by atoms with Crippen molar-refractivity contribution in [3.8, 4) is 11.5 Å². The van der Waals surface area contributed by atoms with Gasteiger partial charge in [-0.15, -0.1) is 0 Å². The van der Waals surface area contributed by atoms with Gasteiger partial charge in [0, 0.05) is 13.1 Å². The van der Waals surface area contributed by atoms with Crippen molar-refractivity contribution in [3.63, 3.8) is 0 Å². The molecule has 0 amide bonds. The van der Waals surface area contributed by atoms with Crippen molar-refractivity contribution < 1.29 is 9.47 Å². The summed E-state index contributed by atoms with van der Waals surface area (Å²) in [7, 11) is 3.43. The van der Waals surface area contributed by atoms with Crippen molar-refractivity contribution in [2.24, 2.45) is 5.92 Å². The number of fused-ring (bicyclic) bond motifs is 1. The van der Waals surface area contributed by atoms with Gasteiger partial charge in [0.15, 0.2) is 11.5 Å². The van der Waals surface area contributed by atoms with Crippen LogP contribution >= 0.6 is 0 Å². The summed E-state index contributed by atoms with van der Waals surface area (Å²) in [4.78, 5) is 0. The fraction of sp³-hybridized carbons (Fsp3) is 0.647. The second kappa shape index (κ2) is 6.04. The van der Waals surface area contributed by atoms with Crippen LogP contribution in [0.2, 0.25) is 0 Å². The predicted octanol–water partition coefficient (Wildman–Crippen LogP) is 3.47. The zero-order valence-electron chi connectivity index (χ0n) is 12.6. The summed E-state index contributed by atoms with van der Waals surface area (Å²) >= 11 is 0. The van der Waals surface area contributed by atoms with Crippen LogP contribution in [0.4, 0.5) is 0 Å². The van der Waals surface area contributed by atoms with Gasteiger partial charge in [-0.25, -0.2) is 0 Å². The van der Waals surface area contributed by atoms with Gasteiger partial charge in [0.2, 0.25) is 0 Å². The van der Waals surface area contributed by atoms with Gasteiger partial charge < -0.3 is 14.8 Å². The van der Waals surface area contributed by atoms with E-state index < -0.39 is 0 Å². The topological polar surface area (TPSA) is 30.5 Å². The van der Waals surface area contributed by atoms with Crippen molar-refractivity contribution >= 4 is 0 Å². The number of nitrogens with one attached hydrogen (secondary N) is 1. The van der Waals surface area contributed by atoms with Crippen molar-refractivity contribution in [2.75, 3.05) is 20.8 Å². The SMILES string of the molecule is COc1cc2c(cc1OC)C(C1CCCCC1)CNC2. The van der Waals surface area contributed by atoms with Crippen LogP contribution in [0, 0.1) is 5.92 Å². The minimum absolute atomic E-state index is 0.638. The molecule has 1 saturated carbocycles. The number of ether oxygens (including phenoxy) is 2. The normalized spacial score (nSPS) is 23.2. The van der Waals surface area contributed by atoms with Gasteiger partial charge in [-0.3, -0.25) is 0 Å². The number of rotatable bonds is 3. The van der Waals surface area contributed by atoms with E-state index in [-0.39, 0.29) is 0 Å². The maximum atomic E-state index is 5.49. The fourth-order valence-corrected chi connectivity index (χ4v) is 3.86. The lowest BCUT2D eigenvalue weighted by Crippen LogP contribution is -2.33. The zero-order chi connectivity index (χ0) is 13.9. The van der Waals surface area contributed by atoms with E-state index in [1.807, 2.05) is 0 Å². The maximum absolute atomic E-state index is 5.49. The molecule has 0 bridgehead atoms. The smallest absolute Gasteiger partial charge is 0.161 e. The molecule has 110 valence electrons. The van der Waals surface area contributed by atoms with E-state index in [0.717, 1.165) is 30.5 Å². The predicted molar refractivity (Wildman–Crippen MR) is 80.6 cm³/mol. The molecule has 20 heavy (non-hydrogen) atoms. The molecule has 3 nitrogen and oxygen atoms in total. The van der Waals surface area contributed by atoms with E-state index in [4.69, 9.17) is 9.47 Å². The van der Waals surface area contributed by atoms with E-state index in [9.17, 15) is 0 Å². The van der Waals surface area contributed by atoms with Crippen LogP contribution in [0.15, 0.2) is 12.1 Å². The van der Waals surface area contributed by atoms with Crippen LogP contribution in [0.25, 0.3) is 0 Å². The fourth-order valence-electron chi connectivity index (χ4n) is 3.86. The Balaban J connectivity index is 1.94. The minimum atomic E-state index is 0.638. The first kappa shape index (κ1) is 13.7. The highest BCUT2D eigenvalue weighted by Gasteiger charge is 2.30. The molecule has 3 rings (SSSR count). The second-order valence-corrected chi connectivity index (χ2v) is 6.04. The Bertz CT molecular complexity index is 466.